The molecule has 0 fully saturated rings. The second-order valence-electron chi connectivity index (χ2n) is 7.24. The van der Waals surface area contributed by atoms with E-state index in [4.69, 9.17) is 9.40 Å². The smallest absolute Gasteiger partial charge is 0.261 e. The molecule has 30 heavy (non-hydrogen) atoms. The van der Waals surface area contributed by atoms with Crippen LogP contribution in [0, 0.1) is 0 Å². The summed E-state index contributed by atoms with van der Waals surface area (Å²) in [6.45, 7) is 6.76. The standard InChI is InChI=1S/C24H24N2O2S2/c1-4-29-20-12-6-5-10-19(20)23(27)26(15-17-9-8-14-28-17)24-25-22-18(16(2)3)11-7-13-21(22)30-24/h5-14,16H,4,15H2,1-3H3. The molecule has 0 unspecified atom stereocenters. The molecule has 0 atom stereocenters. The summed E-state index contributed by atoms with van der Waals surface area (Å²) in [7, 11) is 0. The summed E-state index contributed by atoms with van der Waals surface area (Å²) in [6, 6.07) is 17.7. The summed E-state index contributed by atoms with van der Waals surface area (Å²) < 4.78 is 6.65. The minimum atomic E-state index is -0.0619. The van der Waals surface area contributed by atoms with Crippen LogP contribution in [0.25, 0.3) is 10.2 Å². The highest BCUT2D eigenvalue weighted by Gasteiger charge is 2.25. The minimum absolute atomic E-state index is 0.0619. The SMILES string of the molecule is CCSc1ccccc1C(=O)N(Cc1ccco1)c1nc2c(C(C)C)cccc2s1. The number of aromatic nitrogens is 1. The molecular weight excluding hydrogens is 412 g/mol. The van der Waals surface area contributed by atoms with Crippen LogP contribution in [0.15, 0.2) is 70.2 Å². The van der Waals surface area contributed by atoms with E-state index < -0.39 is 0 Å². The molecule has 0 saturated carbocycles. The van der Waals surface area contributed by atoms with Gasteiger partial charge < -0.3 is 4.42 Å². The van der Waals surface area contributed by atoms with Gasteiger partial charge in [0.2, 0.25) is 0 Å². The maximum Gasteiger partial charge on any atom is 0.261 e. The Morgan fingerprint density at radius 1 is 1.13 bits per heavy atom. The Balaban J connectivity index is 1.80. The van der Waals surface area contributed by atoms with Crippen molar-refractivity contribution in [2.75, 3.05) is 10.7 Å². The van der Waals surface area contributed by atoms with E-state index in [2.05, 4.69) is 39.0 Å². The summed E-state index contributed by atoms with van der Waals surface area (Å²) in [4.78, 5) is 21.3. The number of rotatable bonds is 7. The van der Waals surface area contributed by atoms with Gasteiger partial charge in [0, 0.05) is 4.90 Å². The van der Waals surface area contributed by atoms with Crippen LogP contribution in [-0.4, -0.2) is 16.6 Å². The predicted octanol–water partition coefficient (Wildman–Crippen LogP) is 6.97. The maximum atomic E-state index is 13.7. The van der Waals surface area contributed by atoms with E-state index in [1.165, 1.54) is 5.56 Å². The zero-order chi connectivity index (χ0) is 21.1. The van der Waals surface area contributed by atoms with Crippen molar-refractivity contribution in [1.82, 2.24) is 4.98 Å². The molecule has 1 amide bonds. The zero-order valence-corrected chi connectivity index (χ0v) is 18.9. The molecule has 2 aromatic heterocycles. The fraction of sp³-hybridized carbons (Fsp3) is 0.250. The Morgan fingerprint density at radius 3 is 2.70 bits per heavy atom. The number of hydrogen-bond acceptors (Lipinski definition) is 5. The molecule has 4 rings (SSSR count). The largest absolute Gasteiger partial charge is 0.467 e. The van der Waals surface area contributed by atoms with Crippen LogP contribution in [0.3, 0.4) is 0 Å². The normalized spacial score (nSPS) is 11.3. The first-order valence-electron chi connectivity index (χ1n) is 10.0. The molecule has 0 aliphatic rings. The number of fused-ring (bicyclic) bond motifs is 1. The number of thiazole rings is 1. The average Bonchev–Trinajstić information content (AvgIpc) is 3.41. The van der Waals surface area contributed by atoms with Gasteiger partial charge in [-0.15, -0.1) is 11.8 Å². The van der Waals surface area contributed by atoms with E-state index in [0.717, 1.165) is 26.6 Å². The number of nitrogens with zero attached hydrogens (tertiary/aromatic N) is 2. The zero-order valence-electron chi connectivity index (χ0n) is 17.3. The minimum Gasteiger partial charge on any atom is -0.467 e. The van der Waals surface area contributed by atoms with Gasteiger partial charge in [0.15, 0.2) is 5.13 Å². The van der Waals surface area contributed by atoms with E-state index in [-0.39, 0.29) is 5.91 Å². The third-order valence-corrected chi connectivity index (χ3v) is 6.85. The number of furan rings is 1. The lowest BCUT2D eigenvalue weighted by Gasteiger charge is -2.20. The molecule has 2 aromatic carbocycles. The number of thioether (sulfide) groups is 1. The Kier molecular flexibility index (Phi) is 6.25. The molecule has 0 spiro atoms. The second kappa shape index (κ2) is 9.06. The van der Waals surface area contributed by atoms with E-state index in [0.29, 0.717) is 23.2 Å². The Labute approximate surface area is 184 Å². The number of hydrogen-bond donors (Lipinski definition) is 0. The highest BCUT2D eigenvalue weighted by atomic mass is 32.2. The number of benzene rings is 2. The fourth-order valence-electron chi connectivity index (χ4n) is 3.39. The average molecular weight is 437 g/mol. The first kappa shape index (κ1) is 20.7. The van der Waals surface area contributed by atoms with Gasteiger partial charge in [0.1, 0.15) is 5.76 Å². The molecule has 0 saturated heterocycles. The van der Waals surface area contributed by atoms with Crippen molar-refractivity contribution < 1.29 is 9.21 Å². The van der Waals surface area contributed by atoms with Crippen molar-refractivity contribution in [2.45, 2.75) is 38.1 Å². The van der Waals surface area contributed by atoms with Gasteiger partial charge in [-0.2, -0.15) is 0 Å². The van der Waals surface area contributed by atoms with Crippen molar-refractivity contribution in [3.63, 3.8) is 0 Å². The molecule has 0 bridgehead atoms. The van der Waals surface area contributed by atoms with Gasteiger partial charge in [-0.05, 0) is 47.6 Å². The van der Waals surface area contributed by atoms with Gasteiger partial charge in [-0.3, -0.25) is 9.69 Å². The van der Waals surface area contributed by atoms with Gasteiger partial charge in [-0.1, -0.05) is 56.4 Å². The second-order valence-corrected chi connectivity index (χ2v) is 9.56. The van der Waals surface area contributed by atoms with E-state index in [9.17, 15) is 4.79 Å². The molecule has 2 heterocycles. The van der Waals surface area contributed by atoms with E-state index in [1.807, 2.05) is 36.4 Å². The molecule has 0 aliphatic heterocycles. The first-order valence-corrected chi connectivity index (χ1v) is 11.8. The number of para-hydroxylation sites is 1. The number of amides is 1. The molecule has 4 aromatic rings. The molecular formula is C24H24N2O2S2. The predicted molar refractivity (Wildman–Crippen MR) is 126 cm³/mol. The van der Waals surface area contributed by atoms with Crippen LogP contribution in [0.1, 0.15) is 48.4 Å². The van der Waals surface area contributed by atoms with Crippen LogP contribution in [0.2, 0.25) is 0 Å². The molecule has 154 valence electrons. The van der Waals surface area contributed by atoms with E-state index in [1.54, 1.807) is 34.3 Å². The first-order chi connectivity index (χ1) is 14.6. The maximum absolute atomic E-state index is 13.7. The van der Waals surface area contributed by atoms with Crippen molar-refractivity contribution >= 4 is 44.4 Å². The van der Waals surface area contributed by atoms with Crippen LogP contribution in [-0.2, 0) is 6.54 Å². The molecule has 0 radical (unpaired) electrons. The molecule has 6 heteroatoms. The van der Waals surface area contributed by atoms with Gasteiger partial charge in [0.25, 0.3) is 5.91 Å². The molecule has 4 nitrogen and oxygen atoms in total. The van der Waals surface area contributed by atoms with Gasteiger partial charge >= 0.3 is 0 Å². The highest BCUT2D eigenvalue weighted by Crippen LogP contribution is 2.35. The van der Waals surface area contributed by atoms with Gasteiger partial charge in [-0.25, -0.2) is 4.98 Å². The van der Waals surface area contributed by atoms with Crippen LogP contribution >= 0.6 is 23.1 Å². The lowest BCUT2D eigenvalue weighted by molar-refractivity contribution is 0.0980. The number of carbonyl (C=O) groups is 1. The van der Waals surface area contributed by atoms with E-state index >= 15 is 0 Å². The van der Waals surface area contributed by atoms with Crippen LogP contribution in [0.4, 0.5) is 5.13 Å². The fourth-order valence-corrected chi connectivity index (χ4v) is 5.19. The van der Waals surface area contributed by atoms with Crippen molar-refractivity contribution in [1.29, 1.82) is 0 Å². The van der Waals surface area contributed by atoms with Crippen molar-refractivity contribution in [3.05, 3.63) is 77.7 Å². The topological polar surface area (TPSA) is 46.3 Å². The lowest BCUT2D eigenvalue weighted by Crippen LogP contribution is -2.30. The number of anilines is 1. The summed E-state index contributed by atoms with van der Waals surface area (Å²) in [6.07, 6.45) is 1.63. The van der Waals surface area contributed by atoms with Gasteiger partial charge in [0.05, 0.1) is 28.6 Å². The Hall–Kier alpha value is -2.57. The Bertz CT molecular complexity index is 1150. The van der Waals surface area contributed by atoms with Crippen molar-refractivity contribution in [2.24, 2.45) is 0 Å². The lowest BCUT2D eigenvalue weighted by atomic mass is 10.0. The number of carbonyl (C=O) groups excluding carboxylic acids is 1. The van der Waals surface area contributed by atoms with Crippen LogP contribution < -0.4 is 4.90 Å². The molecule has 0 aliphatic carbocycles. The molecule has 0 N–H and O–H groups in total. The summed E-state index contributed by atoms with van der Waals surface area (Å²) >= 11 is 3.22. The van der Waals surface area contributed by atoms with Crippen molar-refractivity contribution in [3.8, 4) is 0 Å². The third kappa shape index (κ3) is 4.16. The van der Waals surface area contributed by atoms with Crippen LogP contribution in [0.5, 0.6) is 0 Å². The third-order valence-electron chi connectivity index (χ3n) is 4.85. The Morgan fingerprint density at radius 2 is 1.97 bits per heavy atom. The summed E-state index contributed by atoms with van der Waals surface area (Å²) in [5.41, 5.74) is 2.86. The summed E-state index contributed by atoms with van der Waals surface area (Å²) in [5.74, 6) is 1.93. The monoisotopic (exact) mass is 436 g/mol. The quantitative estimate of drug-likeness (QED) is 0.293. The highest BCUT2D eigenvalue weighted by molar-refractivity contribution is 7.99. The summed E-state index contributed by atoms with van der Waals surface area (Å²) in [5, 5.41) is 0.691.